The van der Waals surface area contributed by atoms with Gasteiger partial charge in [-0.2, -0.15) is 0 Å². The van der Waals surface area contributed by atoms with E-state index in [1.165, 1.54) is 12.8 Å². The van der Waals surface area contributed by atoms with E-state index in [2.05, 4.69) is 20.8 Å². The first-order chi connectivity index (χ1) is 6.60. The fourth-order valence-electron chi connectivity index (χ4n) is 1.51. The molecule has 0 aromatic rings. The van der Waals surface area contributed by atoms with E-state index in [-0.39, 0.29) is 12.2 Å². The van der Waals surface area contributed by atoms with Crippen LogP contribution < -0.4 is 0 Å². The van der Waals surface area contributed by atoms with Gasteiger partial charge < -0.3 is 9.84 Å². The maximum atomic E-state index is 8.70. The van der Waals surface area contributed by atoms with Crippen LogP contribution >= 0.6 is 0 Å². The number of rotatable bonds is 7. The molecule has 0 aromatic carbocycles. The summed E-state index contributed by atoms with van der Waals surface area (Å²) < 4.78 is 5.57. The molecule has 84 valence electrons. The molecule has 2 unspecified atom stereocenters. The van der Waals surface area contributed by atoms with Crippen LogP contribution in [0, 0.1) is 5.92 Å². The second-order valence-electron chi connectivity index (χ2n) is 4.02. The molecular formula is C12H24O2. The number of unbranched alkanes of at least 4 members (excludes halogenated alkanes) is 1. The summed E-state index contributed by atoms with van der Waals surface area (Å²) in [7, 11) is 1.76. The van der Waals surface area contributed by atoms with Gasteiger partial charge in [-0.1, -0.05) is 38.8 Å². The Morgan fingerprint density at radius 3 is 2.57 bits per heavy atom. The molecule has 14 heavy (non-hydrogen) atoms. The van der Waals surface area contributed by atoms with E-state index in [0.29, 0.717) is 5.92 Å². The van der Waals surface area contributed by atoms with Crippen molar-refractivity contribution in [3.8, 4) is 0 Å². The Bertz CT molecular complexity index is 166. The lowest BCUT2D eigenvalue weighted by molar-refractivity contribution is -0.0314. The summed E-state index contributed by atoms with van der Waals surface area (Å²) in [5.74, 6) is 0.339. The van der Waals surface area contributed by atoms with E-state index in [0.717, 1.165) is 6.42 Å². The number of hydrogen-bond acceptors (Lipinski definition) is 2. The zero-order valence-electron chi connectivity index (χ0n) is 9.92. The third-order valence-electron chi connectivity index (χ3n) is 2.99. The predicted octanol–water partition coefficient (Wildman–Crippen LogP) is 2.77. The van der Waals surface area contributed by atoms with Gasteiger partial charge in [-0.25, -0.2) is 0 Å². The lowest BCUT2D eigenvalue weighted by Crippen LogP contribution is -2.34. The first-order valence-corrected chi connectivity index (χ1v) is 5.43. The zero-order valence-corrected chi connectivity index (χ0v) is 9.92. The highest BCUT2D eigenvalue weighted by atomic mass is 16.5. The van der Waals surface area contributed by atoms with Crippen LogP contribution in [0.2, 0.25) is 0 Å². The molecule has 2 atom stereocenters. The molecule has 0 spiro atoms. The van der Waals surface area contributed by atoms with Gasteiger partial charge in [0.2, 0.25) is 0 Å². The largest absolute Gasteiger partial charge is 0.392 e. The highest BCUT2D eigenvalue weighted by molar-refractivity contribution is 4.96. The minimum atomic E-state index is -0.0956. The van der Waals surface area contributed by atoms with Gasteiger partial charge >= 0.3 is 0 Å². The topological polar surface area (TPSA) is 29.5 Å². The maximum absolute atomic E-state index is 8.70. The monoisotopic (exact) mass is 200 g/mol. The van der Waals surface area contributed by atoms with Gasteiger partial charge in [-0.15, -0.1) is 0 Å². The second kappa shape index (κ2) is 7.02. The minimum Gasteiger partial charge on any atom is -0.392 e. The van der Waals surface area contributed by atoms with E-state index >= 15 is 0 Å². The van der Waals surface area contributed by atoms with Crippen LogP contribution in [0.4, 0.5) is 0 Å². The van der Waals surface area contributed by atoms with Crippen molar-refractivity contribution in [3.05, 3.63) is 12.2 Å². The van der Waals surface area contributed by atoms with Crippen LogP contribution in [-0.4, -0.2) is 24.4 Å². The Kier molecular flexibility index (Phi) is 6.85. The van der Waals surface area contributed by atoms with Crippen LogP contribution in [0.25, 0.3) is 0 Å². The average molecular weight is 200 g/mol. The van der Waals surface area contributed by atoms with Crippen molar-refractivity contribution in [3.63, 3.8) is 0 Å². The van der Waals surface area contributed by atoms with E-state index in [1.54, 1.807) is 13.2 Å². The number of aliphatic hydroxyl groups is 1. The first kappa shape index (κ1) is 13.7. The van der Waals surface area contributed by atoms with Crippen LogP contribution in [0.1, 0.15) is 40.0 Å². The predicted molar refractivity (Wildman–Crippen MR) is 60.3 cm³/mol. The van der Waals surface area contributed by atoms with Crippen LogP contribution in [0.3, 0.4) is 0 Å². The Hall–Kier alpha value is -0.340. The molecule has 0 aromatic heterocycles. The first-order valence-electron chi connectivity index (χ1n) is 5.43. The van der Waals surface area contributed by atoms with Crippen molar-refractivity contribution in [2.45, 2.75) is 45.6 Å². The molecule has 0 aliphatic rings. The van der Waals surface area contributed by atoms with E-state index in [9.17, 15) is 0 Å². The SMILES string of the molecule is CCCCC(C)(OC)C(C)C=CCO. The molecule has 0 bridgehead atoms. The number of hydrogen-bond donors (Lipinski definition) is 1. The maximum Gasteiger partial charge on any atom is 0.0710 e. The number of ether oxygens (including phenoxy) is 1. The summed E-state index contributed by atoms with van der Waals surface area (Å²) in [6, 6.07) is 0. The van der Waals surface area contributed by atoms with E-state index < -0.39 is 0 Å². The average Bonchev–Trinajstić information content (AvgIpc) is 2.22. The molecule has 0 rings (SSSR count). The van der Waals surface area contributed by atoms with Gasteiger partial charge in [0.05, 0.1) is 12.2 Å². The van der Waals surface area contributed by atoms with E-state index in [4.69, 9.17) is 9.84 Å². The van der Waals surface area contributed by atoms with Gasteiger partial charge in [0, 0.05) is 13.0 Å². The molecule has 0 fully saturated rings. The molecule has 0 aliphatic heterocycles. The van der Waals surface area contributed by atoms with Crippen molar-refractivity contribution in [1.82, 2.24) is 0 Å². The van der Waals surface area contributed by atoms with Crippen molar-refractivity contribution in [2.75, 3.05) is 13.7 Å². The Labute approximate surface area is 88.0 Å². The summed E-state index contributed by atoms with van der Waals surface area (Å²) in [4.78, 5) is 0. The van der Waals surface area contributed by atoms with Gasteiger partial charge in [-0.3, -0.25) is 0 Å². The summed E-state index contributed by atoms with van der Waals surface area (Å²) in [5, 5.41) is 8.70. The molecule has 0 heterocycles. The molecule has 0 saturated carbocycles. The summed E-state index contributed by atoms with van der Waals surface area (Å²) in [6.45, 7) is 6.56. The van der Waals surface area contributed by atoms with Gasteiger partial charge in [-0.05, 0) is 13.3 Å². The molecule has 0 saturated heterocycles. The van der Waals surface area contributed by atoms with Crippen molar-refractivity contribution in [2.24, 2.45) is 5.92 Å². The normalized spacial score (nSPS) is 18.4. The molecule has 2 heteroatoms. The Balaban J connectivity index is 4.26. The zero-order chi connectivity index (χ0) is 11.0. The van der Waals surface area contributed by atoms with Crippen molar-refractivity contribution >= 4 is 0 Å². The molecule has 1 N–H and O–H groups in total. The third kappa shape index (κ3) is 4.25. The highest BCUT2D eigenvalue weighted by Crippen LogP contribution is 2.27. The highest BCUT2D eigenvalue weighted by Gasteiger charge is 2.28. The third-order valence-corrected chi connectivity index (χ3v) is 2.99. The Morgan fingerprint density at radius 1 is 1.50 bits per heavy atom. The molecule has 2 nitrogen and oxygen atoms in total. The Morgan fingerprint density at radius 2 is 2.14 bits per heavy atom. The molecule has 0 aliphatic carbocycles. The van der Waals surface area contributed by atoms with Gasteiger partial charge in [0.15, 0.2) is 0 Å². The molecular weight excluding hydrogens is 176 g/mol. The second-order valence-corrected chi connectivity index (χ2v) is 4.02. The fourth-order valence-corrected chi connectivity index (χ4v) is 1.51. The standard InChI is InChI=1S/C12H24O2/c1-5-6-9-12(3,14-4)11(2)8-7-10-13/h7-8,11,13H,5-6,9-10H2,1-4H3. The minimum absolute atomic E-state index is 0.0956. The van der Waals surface area contributed by atoms with Gasteiger partial charge in [0.1, 0.15) is 0 Å². The molecule has 0 amide bonds. The lowest BCUT2D eigenvalue weighted by Gasteiger charge is -2.33. The van der Waals surface area contributed by atoms with Crippen LogP contribution in [0.5, 0.6) is 0 Å². The summed E-state index contributed by atoms with van der Waals surface area (Å²) >= 11 is 0. The lowest BCUT2D eigenvalue weighted by atomic mass is 9.85. The van der Waals surface area contributed by atoms with Crippen molar-refractivity contribution < 1.29 is 9.84 Å². The van der Waals surface area contributed by atoms with Crippen molar-refractivity contribution in [1.29, 1.82) is 0 Å². The van der Waals surface area contributed by atoms with Crippen LogP contribution in [0.15, 0.2) is 12.2 Å². The number of aliphatic hydroxyl groups excluding tert-OH is 1. The fraction of sp³-hybridized carbons (Fsp3) is 0.833. The summed E-state index contributed by atoms with van der Waals surface area (Å²) in [5.41, 5.74) is -0.0956. The quantitative estimate of drug-likeness (QED) is 0.640. The molecule has 0 radical (unpaired) electrons. The number of methoxy groups -OCH3 is 1. The smallest absolute Gasteiger partial charge is 0.0710 e. The van der Waals surface area contributed by atoms with Crippen LogP contribution in [-0.2, 0) is 4.74 Å². The van der Waals surface area contributed by atoms with Gasteiger partial charge in [0.25, 0.3) is 0 Å². The van der Waals surface area contributed by atoms with E-state index in [1.807, 2.05) is 6.08 Å². The summed E-state index contributed by atoms with van der Waals surface area (Å²) in [6.07, 6.45) is 7.25.